The maximum atomic E-state index is 11.1. The Balaban J connectivity index is 2.00. The van der Waals surface area contributed by atoms with Crippen LogP contribution in [0.25, 0.3) is 0 Å². The Morgan fingerprint density at radius 2 is 2.21 bits per heavy atom. The van der Waals surface area contributed by atoms with Crippen molar-refractivity contribution in [2.75, 3.05) is 0 Å². The van der Waals surface area contributed by atoms with Gasteiger partial charge in [-0.15, -0.1) is 0 Å². The topological polar surface area (TPSA) is 82.3 Å². The van der Waals surface area contributed by atoms with Crippen molar-refractivity contribution >= 4 is 10.0 Å². The highest BCUT2D eigenvalue weighted by atomic mass is 32.2. The smallest absolute Gasteiger partial charge is 0.239 e. The molecule has 0 amide bonds. The Morgan fingerprint density at radius 3 is 2.79 bits per heavy atom. The third-order valence-electron chi connectivity index (χ3n) is 3.64. The number of pyridine rings is 1. The molecule has 2 atom stereocenters. The van der Waals surface area contributed by atoms with Crippen molar-refractivity contribution in [3.8, 4) is 5.88 Å². The second kappa shape index (κ2) is 5.88. The molecular formula is C13H20N2O3S. The average Bonchev–Trinajstić information content (AvgIpc) is 2.38. The van der Waals surface area contributed by atoms with Crippen molar-refractivity contribution in [3.63, 3.8) is 0 Å². The van der Waals surface area contributed by atoms with Crippen LogP contribution in [0.1, 0.15) is 39.0 Å². The van der Waals surface area contributed by atoms with Gasteiger partial charge in [0, 0.05) is 6.07 Å². The lowest BCUT2D eigenvalue weighted by molar-refractivity contribution is 0.117. The number of aromatic nitrogens is 1. The number of ether oxygens (including phenoxy) is 1. The normalized spacial score (nSPS) is 24.1. The van der Waals surface area contributed by atoms with Crippen LogP contribution >= 0.6 is 0 Å². The van der Waals surface area contributed by atoms with E-state index in [-0.39, 0.29) is 11.0 Å². The fraction of sp³-hybridized carbons (Fsp3) is 0.615. The number of hydrogen-bond donors (Lipinski definition) is 1. The van der Waals surface area contributed by atoms with Crippen LogP contribution in [-0.2, 0) is 10.0 Å². The molecule has 1 aromatic rings. The minimum absolute atomic E-state index is 0.00919. The maximum absolute atomic E-state index is 11.1. The van der Waals surface area contributed by atoms with Crippen LogP contribution in [0.3, 0.4) is 0 Å². The van der Waals surface area contributed by atoms with Gasteiger partial charge in [-0.05, 0) is 31.2 Å². The molecule has 0 spiro atoms. The lowest BCUT2D eigenvalue weighted by Gasteiger charge is -2.28. The molecule has 0 radical (unpaired) electrons. The van der Waals surface area contributed by atoms with Crippen molar-refractivity contribution < 1.29 is 13.2 Å². The molecule has 6 heteroatoms. The number of rotatable bonds is 4. The van der Waals surface area contributed by atoms with E-state index in [0.717, 1.165) is 18.8 Å². The van der Waals surface area contributed by atoms with Crippen LogP contribution in [0.4, 0.5) is 0 Å². The zero-order valence-corrected chi connectivity index (χ0v) is 11.9. The predicted octanol–water partition coefficient (Wildman–Crippen LogP) is 2.08. The van der Waals surface area contributed by atoms with E-state index < -0.39 is 10.0 Å². The summed E-state index contributed by atoms with van der Waals surface area (Å²) in [5.74, 6) is 1.19. The molecule has 0 aromatic carbocycles. The van der Waals surface area contributed by atoms with E-state index in [2.05, 4.69) is 11.9 Å². The van der Waals surface area contributed by atoms with Crippen LogP contribution in [0.2, 0.25) is 0 Å². The molecule has 2 unspecified atom stereocenters. The Bertz CT molecular complexity index is 513. The standard InChI is InChI=1S/C13H20N2O3S/c1-2-10-4-3-5-11(8-10)18-13-7-6-12(9-15-13)19(14,16)17/h6-7,9-11H,2-5,8H2,1H3,(H2,14,16,17). The molecule has 106 valence electrons. The molecule has 0 saturated heterocycles. The highest BCUT2D eigenvalue weighted by Gasteiger charge is 2.22. The first kappa shape index (κ1) is 14.3. The van der Waals surface area contributed by atoms with E-state index in [1.54, 1.807) is 6.07 Å². The summed E-state index contributed by atoms with van der Waals surface area (Å²) in [6, 6.07) is 2.99. The Labute approximate surface area is 114 Å². The molecule has 2 N–H and O–H groups in total. The van der Waals surface area contributed by atoms with E-state index >= 15 is 0 Å². The maximum Gasteiger partial charge on any atom is 0.239 e. The summed E-state index contributed by atoms with van der Waals surface area (Å²) < 4.78 is 28.0. The van der Waals surface area contributed by atoms with Gasteiger partial charge in [0.2, 0.25) is 15.9 Å². The number of hydrogen-bond acceptors (Lipinski definition) is 4. The molecule has 2 rings (SSSR count). The quantitative estimate of drug-likeness (QED) is 0.917. The van der Waals surface area contributed by atoms with Crippen molar-refractivity contribution in [1.29, 1.82) is 0 Å². The summed E-state index contributed by atoms with van der Waals surface area (Å²) in [6.45, 7) is 2.20. The zero-order valence-electron chi connectivity index (χ0n) is 11.1. The van der Waals surface area contributed by atoms with Gasteiger partial charge in [0.25, 0.3) is 0 Å². The number of nitrogens with two attached hydrogens (primary N) is 1. The summed E-state index contributed by atoms with van der Waals surface area (Å²) in [6.07, 6.45) is 7.14. The third-order valence-corrected chi connectivity index (χ3v) is 4.54. The second-order valence-electron chi connectivity index (χ2n) is 5.06. The summed E-state index contributed by atoms with van der Waals surface area (Å²) in [7, 11) is -3.68. The molecule has 1 heterocycles. The molecule has 1 aromatic heterocycles. The summed E-state index contributed by atoms with van der Waals surface area (Å²) in [5.41, 5.74) is 0. The minimum atomic E-state index is -3.68. The number of nitrogens with zero attached hydrogens (tertiary/aromatic N) is 1. The van der Waals surface area contributed by atoms with Crippen LogP contribution < -0.4 is 9.88 Å². The molecule has 5 nitrogen and oxygen atoms in total. The van der Waals surface area contributed by atoms with Gasteiger partial charge in [-0.25, -0.2) is 18.5 Å². The van der Waals surface area contributed by atoms with Gasteiger partial charge in [-0.3, -0.25) is 0 Å². The van der Waals surface area contributed by atoms with E-state index in [1.807, 2.05) is 0 Å². The van der Waals surface area contributed by atoms with Crippen LogP contribution in [0, 0.1) is 5.92 Å². The van der Waals surface area contributed by atoms with Gasteiger partial charge in [0.1, 0.15) is 11.0 Å². The van der Waals surface area contributed by atoms with Gasteiger partial charge < -0.3 is 4.74 Å². The lowest BCUT2D eigenvalue weighted by atomic mass is 9.85. The fourth-order valence-electron chi connectivity index (χ4n) is 2.50. The average molecular weight is 284 g/mol. The van der Waals surface area contributed by atoms with Gasteiger partial charge in [-0.2, -0.15) is 0 Å². The first-order valence-electron chi connectivity index (χ1n) is 6.64. The predicted molar refractivity (Wildman–Crippen MR) is 72.3 cm³/mol. The highest BCUT2D eigenvalue weighted by molar-refractivity contribution is 7.89. The van der Waals surface area contributed by atoms with Crippen LogP contribution in [0.15, 0.2) is 23.2 Å². The van der Waals surface area contributed by atoms with Gasteiger partial charge >= 0.3 is 0 Å². The van der Waals surface area contributed by atoms with E-state index in [0.29, 0.717) is 5.88 Å². The molecule has 19 heavy (non-hydrogen) atoms. The monoisotopic (exact) mass is 284 g/mol. The Morgan fingerprint density at radius 1 is 1.42 bits per heavy atom. The fourth-order valence-corrected chi connectivity index (χ4v) is 2.95. The SMILES string of the molecule is CCC1CCCC(Oc2ccc(S(N)(=O)=O)cn2)C1. The first-order valence-corrected chi connectivity index (χ1v) is 8.19. The van der Waals surface area contributed by atoms with Crippen molar-refractivity contribution in [2.24, 2.45) is 11.1 Å². The molecule has 1 saturated carbocycles. The first-order chi connectivity index (χ1) is 8.99. The van der Waals surface area contributed by atoms with Crippen LogP contribution in [0.5, 0.6) is 5.88 Å². The molecule has 0 bridgehead atoms. The molecule has 1 aliphatic carbocycles. The number of primary sulfonamides is 1. The van der Waals surface area contributed by atoms with Crippen molar-refractivity contribution in [1.82, 2.24) is 4.98 Å². The van der Waals surface area contributed by atoms with Crippen molar-refractivity contribution in [2.45, 2.75) is 50.0 Å². The lowest BCUT2D eigenvalue weighted by Crippen LogP contribution is -2.25. The van der Waals surface area contributed by atoms with Gasteiger partial charge in [0.15, 0.2) is 0 Å². The Kier molecular flexibility index (Phi) is 4.42. The number of sulfonamides is 1. The second-order valence-corrected chi connectivity index (χ2v) is 6.62. The minimum Gasteiger partial charge on any atom is -0.474 e. The van der Waals surface area contributed by atoms with Crippen LogP contribution in [-0.4, -0.2) is 19.5 Å². The molecule has 0 aliphatic heterocycles. The highest BCUT2D eigenvalue weighted by Crippen LogP contribution is 2.29. The summed E-state index contributed by atoms with van der Waals surface area (Å²) in [5, 5.41) is 5.02. The summed E-state index contributed by atoms with van der Waals surface area (Å²) >= 11 is 0. The zero-order chi connectivity index (χ0) is 13.9. The van der Waals surface area contributed by atoms with E-state index in [9.17, 15) is 8.42 Å². The van der Waals surface area contributed by atoms with E-state index in [1.165, 1.54) is 31.5 Å². The molecule has 1 fully saturated rings. The molecular weight excluding hydrogens is 264 g/mol. The largest absolute Gasteiger partial charge is 0.474 e. The van der Waals surface area contributed by atoms with E-state index in [4.69, 9.17) is 9.88 Å². The molecule has 1 aliphatic rings. The van der Waals surface area contributed by atoms with Gasteiger partial charge in [0.05, 0.1) is 6.20 Å². The third kappa shape index (κ3) is 3.91. The summed E-state index contributed by atoms with van der Waals surface area (Å²) in [4.78, 5) is 4.02. The Hall–Kier alpha value is -1.14. The van der Waals surface area contributed by atoms with Crippen molar-refractivity contribution in [3.05, 3.63) is 18.3 Å². The van der Waals surface area contributed by atoms with Gasteiger partial charge in [-0.1, -0.05) is 19.8 Å².